The van der Waals surface area contributed by atoms with Crippen LogP contribution in [0.5, 0.6) is 0 Å². The van der Waals surface area contributed by atoms with Crippen LogP contribution in [-0.2, 0) is 4.74 Å². The summed E-state index contributed by atoms with van der Waals surface area (Å²) in [6.07, 6.45) is 1.58. The van der Waals surface area contributed by atoms with Gasteiger partial charge in [-0.05, 0) is 19.5 Å². The highest BCUT2D eigenvalue weighted by Gasteiger charge is 2.13. The zero-order valence-electron chi connectivity index (χ0n) is 5.26. The van der Waals surface area contributed by atoms with E-state index in [1.165, 1.54) is 0 Å². The van der Waals surface area contributed by atoms with E-state index in [-0.39, 0.29) is 0 Å². The van der Waals surface area contributed by atoms with Crippen LogP contribution in [0.1, 0.15) is 6.42 Å². The van der Waals surface area contributed by atoms with Crippen molar-refractivity contribution in [3.8, 4) is 0 Å². The second kappa shape index (κ2) is 2.46. The van der Waals surface area contributed by atoms with E-state index in [9.17, 15) is 0 Å². The molecule has 0 aromatic heterocycles. The Morgan fingerprint density at radius 3 is 2.75 bits per heavy atom. The van der Waals surface area contributed by atoms with Crippen molar-refractivity contribution >= 4 is 0 Å². The van der Waals surface area contributed by atoms with Gasteiger partial charge in [0.05, 0.1) is 6.10 Å². The maximum atomic E-state index is 5.10. The monoisotopic (exact) mass is 114 g/mol. The fourth-order valence-corrected chi connectivity index (χ4v) is 0.990. The molecule has 0 aromatic carbocycles. The van der Waals surface area contributed by atoms with Crippen molar-refractivity contribution in [3.63, 3.8) is 0 Å². The Morgan fingerprint density at radius 1 is 1.75 bits per heavy atom. The van der Waals surface area contributed by atoms with Crippen LogP contribution in [0.25, 0.3) is 0 Å². The molecule has 48 valence electrons. The van der Waals surface area contributed by atoms with Gasteiger partial charge in [-0.3, -0.25) is 7.05 Å². The number of nitrogens with zero attached hydrogens (tertiary/aromatic N) is 1. The molecule has 1 aliphatic heterocycles. The van der Waals surface area contributed by atoms with Crippen molar-refractivity contribution in [3.05, 3.63) is 7.05 Å². The lowest BCUT2D eigenvalue weighted by atomic mass is 10.3. The Morgan fingerprint density at radius 2 is 2.50 bits per heavy atom. The highest BCUT2D eigenvalue weighted by atomic mass is 16.5. The highest BCUT2D eigenvalue weighted by molar-refractivity contribution is 4.74. The third-order valence-electron chi connectivity index (χ3n) is 1.56. The van der Waals surface area contributed by atoms with Gasteiger partial charge in [0.15, 0.2) is 0 Å². The third-order valence-corrected chi connectivity index (χ3v) is 1.56. The SMILES string of the molecule is [CH2-]N1CCC(OC)C1. The lowest BCUT2D eigenvalue weighted by molar-refractivity contribution is 0.112. The first kappa shape index (κ1) is 6.05. The Kier molecular flexibility index (Phi) is 1.86. The van der Waals surface area contributed by atoms with Crippen molar-refractivity contribution < 1.29 is 4.74 Å². The third kappa shape index (κ3) is 1.20. The van der Waals surface area contributed by atoms with E-state index in [0.29, 0.717) is 6.10 Å². The lowest BCUT2D eigenvalue weighted by Crippen LogP contribution is -2.15. The molecular weight excluding hydrogens is 102 g/mol. The summed E-state index contributed by atoms with van der Waals surface area (Å²) in [7, 11) is 5.54. The molecule has 0 spiro atoms. The van der Waals surface area contributed by atoms with E-state index in [2.05, 4.69) is 7.05 Å². The van der Waals surface area contributed by atoms with Crippen molar-refractivity contribution in [1.82, 2.24) is 4.90 Å². The van der Waals surface area contributed by atoms with Gasteiger partial charge in [0, 0.05) is 7.11 Å². The van der Waals surface area contributed by atoms with E-state index >= 15 is 0 Å². The molecule has 1 fully saturated rings. The number of rotatable bonds is 1. The van der Waals surface area contributed by atoms with Gasteiger partial charge in [-0.25, -0.2) is 0 Å². The fourth-order valence-electron chi connectivity index (χ4n) is 0.990. The van der Waals surface area contributed by atoms with Crippen molar-refractivity contribution in [2.75, 3.05) is 20.2 Å². The summed E-state index contributed by atoms with van der Waals surface area (Å²) in [5.41, 5.74) is 0. The highest BCUT2D eigenvalue weighted by Crippen LogP contribution is 2.08. The summed E-state index contributed by atoms with van der Waals surface area (Å²) in [5, 5.41) is 0. The first-order chi connectivity index (χ1) is 3.83. The minimum Gasteiger partial charge on any atom is -0.457 e. The average molecular weight is 114 g/mol. The van der Waals surface area contributed by atoms with Gasteiger partial charge in [-0.1, -0.05) is 0 Å². The van der Waals surface area contributed by atoms with Gasteiger partial charge >= 0.3 is 0 Å². The molecule has 8 heavy (non-hydrogen) atoms. The largest absolute Gasteiger partial charge is 0.457 e. The molecule has 0 N–H and O–H groups in total. The molecule has 0 bridgehead atoms. The van der Waals surface area contributed by atoms with Crippen LogP contribution in [0, 0.1) is 7.05 Å². The van der Waals surface area contributed by atoms with E-state index in [0.717, 1.165) is 19.5 Å². The Balaban J connectivity index is 2.22. The summed E-state index contributed by atoms with van der Waals surface area (Å²) in [5.74, 6) is 0. The van der Waals surface area contributed by atoms with Crippen molar-refractivity contribution in [2.24, 2.45) is 0 Å². The van der Waals surface area contributed by atoms with Crippen LogP contribution in [0.2, 0.25) is 0 Å². The smallest absolute Gasteiger partial charge is 0.0685 e. The molecule has 1 rings (SSSR count). The molecule has 0 aromatic rings. The van der Waals surface area contributed by atoms with E-state index in [1.54, 1.807) is 7.11 Å². The molecule has 1 atom stereocenters. The molecular formula is C6H12NO-. The van der Waals surface area contributed by atoms with Crippen molar-refractivity contribution in [1.29, 1.82) is 0 Å². The minimum atomic E-state index is 0.437. The van der Waals surface area contributed by atoms with Crippen LogP contribution < -0.4 is 0 Å². The zero-order valence-corrected chi connectivity index (χ0v) is 5.26. The summed E-state index contributed by atoms with van der Waals surface area (Å²) in [6, 6.07) is 0. The standard InChI is InChI=1S/C6H12NO/c1-7-4-3-6(5-7)8-2/h6H,1,3-5H2,2H3/q-1. The average Bonchev–Trinajstić information content (AvgIpc) is 2.14. The normalized spacial score (nSPS) is 31.5. The van der Waals surface area contributed by atoms with E-state index in [1.807, 2.05) is 4.90 Å². The summed E-state index contributed by atoms with van der Waals surface area (Å²) < 4.78 is 5.10. The number of likely N-dealkylation sites (tertiary alicyclic amines) is 1. The molecule has 1 unspecified atom stereocenters. The maximum absolute atomic E-state index is 5.10. The number of methoxy groups -OCH3 is 1. The molecule has 0 aliphatic carbocycles. The van der Waals surface area contributed by atoms with Gasteiger partial charge in [-0.15, -0.1) is 0 Å². The lowest BCUT2D eigenvalue weighted by Gasteiger charge is -2.15. The fraction of sp³-hybridized carbons (Fsp3) is 0.833. The second-order valence-corrected chi connectivity index (χ2v) is 2.22. The van der Waals surface area contributed by atoms with E-state index < -0.39 is 0 Å². The molecule has 1 aliphatic rings. The van der Waals surface area contributed by atoms with Crippen LogP contribution in [0.4, 0.5) is 0 Å². The summed E-state index contributed by atoms with van der Waals surface area (Å²) in [4.78, 5) is 2.04. The molecule has 0 saturated carbocycles. The maximum Gasteiger partial charge on any atom is 0.0685 e. The molecule has 1 saturated heterocycles. The van der Waals surface area contributed by atoms with Crippen LogP contribution in [0.3, 0.4) is 0 Å². The number of hydrogen-bond donors (Lipinski definition) is 0. The van der Waals surface area contributed by atoms with Crippen LogP contribution in [0.15, 0.2) is 0 Å². The van der Waals surface area contributed by atoms with Crippen LogP contribution in [-0.4, -0.2) is 31.2 Å². The summed E-state index contributed by atoms with van der Waals surface area (Å²) >= 11 is 0. The number of ether oxygens (including phenoxy) is 1. The van der Waals surface area contributed by atoms with Gasteiger partial charge in [0.1, 0.15) is 0 Å². The molecule has 2 nitrogen and oxygen atoms in total. The second-order valence-electron chi connectivity index (χ2n) is 2.22. The molecule has 1 heterocycles. The van der Waals surface area contributed by atoms with Gasteiger partial charge in [-0.2, -0.15) is 0 Å². The van der Waals surface area contributed by atoms with E-state index in [4.69, 9.17) is 4.74 Å². The summed E-state index contributed by atoms with van der Waals surface area (Å²) in [6.45, 7) is 2.08. The van der Waals surface area contributed by atoms with Crippen molar-refractivity contribution in [2.45, 2.75) is 12.5 Å². The Hall–Kier alpha value is -0.0800. The molecule has 0 radical (unpaired) electrons. The molecule has 0 amide bonds. The zero-order chi connectivity index (χ0) is 5.98. The van der Waals surface area contributed by atoms with Gasteiger partial charge in [0.25, 0.3) is 0 Å². The first-order valence-electron chi connectivity index (χ1n) is 2.91. The Bertz CT molecular complexity index is 74.9. The van der Waals surface area contributed by atoms with Gasteiger partial charge < -0.3 is 9.64 Å². The van der Waals surface area contributed by atoms with Crippen LogP contribution >= 0.6 is 0 Å². The predicted molar refractivity (Wildman–Crippen MR) is 32.3 cm³/mol. The minimum absolute atomic E-state index is 0.437. The topological polar surface area (TPSA) is 12.5 Å². The Labute approximate surface area is 50.4 Å². The quantitative estimate of drug-likeness (QED) is 0.460. The first-order valence-corrected chi connectivity index (χ1v) is 2.91. The predicted octanol–water partition coefficient (Wildman–Crippen LogP) is 0.499. The number of hydrogen-bond acceptors (Lipinski definition) is 2. The molecule has 2 heteroatoms. The van der Waals surface area contributed by atoms with Gasteiger partial charge in [0.2, 0.25) is 0 Å².